The topological polar surface area (TPSA) is 72.6 Å². The maximum absolute atomic E-state index is 13.8. The highest BCUT2D eigenvalue weighted by Crippen LogP contribution is 2.30. The number of aromatic carboxylic acids is 1. The van der Waals surface area contributed by atoms with E-state index in [9.17, 15) is 9.18 Å². The molecule has 0 spiro atoms. The third kappa shape index (κ3) is 2.42. The molecule has 0 atom stereocenters. The second-order valence-corrected chi connectivity index (χ2v) is 3.85. The fourth-order valence-corrected chi connectivity index (χ4v) is 1.79. The van der Waals surface area contributed by atoms with Crippen LogP contribution in [0.3, 0.4) is 0 Å². The molecule has 6 heteroatoms. The van der Waals surface area contributed by atoms with Crippen LogP contribution >= 0.6 is 0 Å². The Morgan fingerprint density at radius 1 is 1.53 bits per heavy atom. The van der Waals surface area contributed by atoms with Crippen LogP contribution in [0.25, 0.3) is 11.1 Å². The Morgan fingerprint density at radius 3 is 2.84 bits per heavy atom. The van der Waals surface area contributed by atoms with Gasteiger partial charge in [-0.3, -0.25) is 0 Å². The van der Waals surface area contributed by atoms with Crippen LogP contribution in [0.5, 0.6) is 5.75 Å². The molecule has 0 saturated carbocycles. The van der Waals surface area contributed by atoms with Crippen LogP contribution in [-0.2, 0) is 0 Å². The van der Waals surface area contributed by atoms with E-state index in [1.165, 1.54) is 12.1 Å². The summed E-state index contributed by atoms with van der Waals surface area (Å²) in [5, 5.41) is 12.5. The van der Waals surface area contributed by atoms with Crippen molar-refractivity contribution in [1.29, 1.82) is 0 Å². The summed E-state index contributed by atoms with van der Waals surface area (Å²) in [6.07, 6.45) is 0. The number of halogens is 1. The van der Waals surface area contributed by atoms with Gasteiger partial charge in [0.05, 0.1) is 12.2 Å². The zero-order valence-corrected chi connectivity index (χ0v) is 10.4. The van der Waals surface area contributed by atoms with Gasteiger partial charge in [-0.1, -0.05) is 11.2 Å². The first-order valence-corrected chi connectivity index (χ1v) is 5.66. The van der Waals surface area contributed by atoms with Gasteiger partial charge in [0.25, 0.3) is 0 Å². The molecule has 0 aliphatic carbocycles. The van der Waals surface area contributed by atoms with Gasteiger partial charge in [-0.05, 0) is 31.5 Å². The molecule has 0 aliphatic rings. The first-order valence-electron chi connectivity index (χ1n) is 5.66. The Hall–Kier alpha value is -2.37. The maximum atomic E-state index is 13.8. The summed E-state index contributed by atoms with van der Waals surface area (Å²) in [6.45, 7) is 3.67. The molecule has 0 fully saturated rings. The smallest absolute Gasteiger partial charge is 0.358 e. The Bertz CT molecular complexity index is 621. The average Bonchev–Trinajstić information content (AvgIpc) is 2.74. The van der Waals surface area contributed by atoms with Gasteiger partial charge in [0.15, 0.2) is 17.3 Å². The zero-order valence-electron chi connectivity index (χ0n) is 10.4. The second kappa shape index (κ2) is 5.09. The zero-order chi connectivity index (χ0) is 14.0. The van der Waals surface area contributed by atoms with Gasteiger partial charge in [0.2, 0.25) is 0 Å². The third-order valence-electron chi connectivity index (χ3n) is 2.59. The lowest BCUT2D eigenvalue weighted by molar-refractivity contribution is 0.0686. The molecular formula is C13H12FNO4. The van der Waals surface area contributed by atoms with Gasteiger partial charge in [-0.2, -0.15) is 0 Å². The molecule has 0 saturated heterocycles. The summed E-state index contributed by atoms with van der Waals surface area (Å²) < 4.78 is 23.7. The standard InChI is InChI=1S/C13H12FNO4/c1-3-18-10-5-4-8(6-9(10)14)11-7(2)19-15-12(11)13(16)17/h4-6H,3H2,1-2H3,(H,16,17). The molecule has 2 rings (SSSR count). The number of aryl methyl sites for hydroxylation is 1. The van der Waals surface area contributed by atoms with Crippen molar-refractivity contribution in [3.63, 3.8) is 0 Å². The number of hydrogen-bond donors (Lipinski definition) is 1. The van der Waals surface area contributed by atoms with E-state index in [0.29, 0.717) is 17.9 Å². The van der Waals surface area contributed by atoms with Crippen LogP contribution in [0.4, 0.5) is 4.39 Å². The highest BCUT2D eigenvalue weighted by Gasteiger charge is 2.21. The first-order chi connectivity index (χ1) is 9.04. The fraction of sp³-hybridized carbons (Fsp3) is 0.231. The number of rotatable bonds is 4. The van der Waals surface area contributed by atoms with Crippen LogP contribution in [0.15, 0.2) is 22.7 Å². The number of aromatic nitrogens is 1. The van der Waals surface area contributed by atoms with E-state index >= 15 is 0 Å². The molecule has 1 aromatic carbocycles. The van der Waals surface area contributed by atoms with Gasteiger partial charge in [-0.15, -0.1) is 0 Å². The normalized spacial score (nSPS) is 10.5. The van der Waals surface area contributed by atoms with Gasteiger partial charge >= 0.3 is 5.97 Å². The SMILES string of the molecule is CCOc1ccc(-c2c(C(=O)O)noc2C)cc1F. The molecule has 2 aromatic rings. The summed E-state index contributed by atoms with van der Waals surface area (Å²) in [4.78, 5) is 11.0. The van der Waals surface area contributed by atoms with Crippen molar-refractivity contribution in [1.82, 2.24) is 5.16 Å². The molecule has 0 amide bonds. The quantitative estimate of drug-likeness (QED) is 0.920. The monoisotopic (exact) mass is 265 g/mol. The minimum absolute atomic E-state index is 0.122. The number of ether oxygens (including phenoxy) is 1. The molecule has 5 nitrogen and oxygen atoms in total. The Balaban J connectivity index is 2.51. The molecule has 0 aliphatic heterocycles. The first kappa shape index (κ1) is 13.1. The number of benzene rings is 1. The molecule has 0 bridgehead atoms. The fourth-order valence-electron chi connectivity index (χ4n) is 1.79. The number of carboxylic acids is 1. The Kier molecular flexibility index (Phi) is 3.50. The van der Waals surface area contributed by atoms with Crippen LogP contribution in [-0.4, -0.2) is 22.8 Å². The Morgan fingerprint density at radius 2 is 2.26 bits per heavy atom. The van der Waals surface area contributed by atoms with Gasteiger partial charge in [0, 0.05) is 0 Å². The summed E-state index contributed by atoms with van der Waals surface area (Å²) in [6, 6.07) is 4.23. The van der Waals surface area contributed by atoms with Crippen molar-refractivity contribution in [3.05, 3.63) is 35.5 Å². The summed E-state index contributed by atoms with van der Waals surface area (Å²) in [5.74, 6) is -1.34. The van der Waals surface area contributed by atoms with Gasteiger partial charge in [-0.25, -0.2) is 9.18 Å². The van der Waals surface area contributed by atoms with E-state index in [2.05, 4.69) is 5.16 Å². The second-order valence-electron chi connectivity index (χ2n) is 3.85. The summed E-state index contributed by atoms with van der Waals surface area (Å²) in [7, 11) is 0. The molecule has 1 N–H and O–H groups in total. The molecular weight excluding hydrogens is 253 g/mol. The van der Waals surface area contributed by atoms with E-state index in [-0.39, 0.29) is 17.0 Å². The molecule has 100 valence electrons. The molecule has 1 heterocycles. The summed E-state index contributed by atoms with van der Waals surface area (Å²) >= 11 is 0. The average molecular weight is 265 g/mol. The number of carbonyl (C=O) groups is 1. The van der Waals surface area contributed by atoms with E-state index < -0.39 is 11.8 Å². The number of hydrogen-bond acceptors (Lipinski definition) is 4. The largest absolute Gasteiger partial charge is 0.491 e. The minimum Gasteiger partial charge on any atom is -0.491 e. The van der Waals surface area contributed by atoms with Crippen LogP contribution in [0.2, 0.25) is 0 Å². The van der Waals surface area contributed by atoms with Crippen molar-refractivity contribution >= 4 is 5.97 Å². The van der Waals surface area contributed by atoms with Gasteiger partial charge < -0.3 is 14.4 Å². The Labute approximate surface area is 108 Å². The predicted octanol–water partition coefficient (Wildman–Crippen LogP) is 2.89. The van der Waals surface area contributed by atoms with Crippen molar-refractivity contribution in [2.75, 3.05) is 6.61 Å². The maximum Gasteiger partial charge on any atom is 0.358 e. The lowest BCUT2D eigenvalue weighted by Gasteiger charge is -2.06. The van der Waals surface area contributed by atoms with Crippen molar-refractivity contribution in [2.45, 2.75) is 13.8 Å². The van der Waals surface area contributed by atoms with E-state index in [0.717, 1.165) is 0 Å². The molecule has 0 radical (unpaired) electrons. The lowest BCUT2D eigenvalue weighted by Crippen LogP contribution is -2.00. The van der Waals surface area contributed by atoms with E-state index in [4.69, 9.17) is 14.4 Å². The highest BCUT2D eigenvalue weighted by molar-refractivity contribution is 5.94. The molecule has 19 heavy (non-hydrogen) atoms. The number of carboxylic acid groups (broad SMARTS) is 1. The minimum atomic E-state index is -1.22. The van der Waals surface area contributed by atoms with E-state index in [1.54, 1.807) is 19.9 Å². The van der Waals surface area contributed by atoms with Crippen molar-refractivity contribution in [3.8, 4) is 16.9 Å². The molecule has 1 aromatic heterocycles. The van der Waals surface area contributed by atoms with Crippen molar-refractivity contribution in [2.24, 2.45) is 0 Å². The van der Waals surface area contributed by atoms with Crippen molar-refractivity contribution < 1.29 is 23.6 Å². The lowest BCUT2D eigenvalue weighted by atomic mass is 10.0. The highest BCUT2D eigenvalue weighted by atomic mass is 19.1. The predicted molar refractivity (Wildman–Crippen MR) is 64.8 cm³/mol. The summed E-state index contributed by atoms with van der Waals surface area (Å²) in [5.41, 5.74) is 0.424. The van der Waals surface area contributed by atoms with E-state index in [1.807, 2.05) is 0 Å². The molecule has 0 unspecified atom stereocenters. The number of nitrogens with zero attached hydrogens (tertiary/aromatic N) is 1. The van der Waals surface area contributed by atoms with Crippen LogP contribution in [0, 0.1) is 12.7 Å². The third-order valence-corrected chi connectivity index (χ3v) is 2.59. The van der Waals surface area contributed by atoms with Gasteiger partial charge in [0.1, 0.15) is 5.76 Å². The van der Waals surface area contributed by atoms with Crippen LogP contribution in [0.1, 0.15) is 23.2 Å². The van der Waals surface area contributed by atoms with Crippen LogP contribution < -0.4 is 4.74 Å².